The summed E-state index contributed by atoms with van der Waals surface area (Å²) in [6.45, 7) is 0. The van der Waals surface area contributed by atoms with Gasteiger partial charge in [-0.3, -0.25) is 4.40 Å². The lowest BCUT2D eigenvalue weighted by molar-refractivity contribution is 0.0688. The molecule has 88 valence electrons. The first-order valence-electron chi connectivity index (χ1n) is 5.55. The molecule has 2 aromatic heterocycles. The fourth-order valence-electron chi connectivity index (χ4n) is 2.27. The topological polar surface area (TPSA) is 54.6 Å². The Morgan fingerprint density at radius 3 is 3.12 bits per heavy atom. The predicted molar refractivity (Wildman–Crippen MR) is 66.8 cm³/mol. The van der Waals surface area contributed by atoms with Gasteiger partial charge in [-0.2, -0.15) is 11.8 Å². The fourth-order valence-corrected chi connectivity index (χ4v) is 3.48. The summed E-state index contributed by atoms with van der Waals surface area (Å²) in [5, 5.41) is 9.21. The molecule has 1 fully saturated rings. The zero-order valence-corrected chi connectivity index (χ0v) is 9.98. The Morgan fingerprint density at radius 2 is 2.41 bits per heavy atom. The van der Waals surface area contributed by atoms with Gasteiger partial charge in [0.25, 0.3) is 0 Å². The van der Waals surface area contributed by atoms with Gasteiger partial charge in [-0.15, -0.1) is 0 Å². The van der Waals surface area contributed by atoms with E-state index in [0.29, 0.717) is 11.6 Å². The van der Waals surface area contributed by atoms with Gasteiger partial charge >= 0.3 is 5.97 Å². The van der Waals surface area contributed by atoms with Crippen LogP contribution in [0.1, 0.15) is 28.7 Å². The van der Waals surface area contributed by atoms with Gasteiger partial charge in [0.2, 0.25) is 0 Å². The average molecular weight is 248 g/mol. The Morgan fingerprint density at radius 1 is 1.53 bits per heavy atom. The molecule has 1 unspecified atom stereocenters. The van der Waals surface area contributed by atoms with Crippen molar-refractivity contribution in [2.45, 2.75) is 12.3 Å². The van der Waals surface area contributed by atoms with E-state index < -0.39 is 5.97 Å². The molecular weight excluding hydrogens is 236 g/mol. The summed E-state index contributed by atoms with van der Waals surface area (Å²) in [6, 6.07) is 5.28. The Hall–Kier alpha value is -1.49. The van der Waals surface area contributed by atoms with Crippen LogP contribution < -0.4 is 0 Å². The molecule has 0 radical (unpaired) electrons. The molecule has 0 aromatic carbocycles. The molecule has 1 aliphatic rings. The van der Waals surface area contributed by atoms with Crippen molar-refractivity contribution in [2.75, 3.05) is 11.5 Å². The fraction of sp³-hybridized carbons (Fsp3) is 0.333. The van der Waals surface area contributed by atoms with E-state index in [0.717, 1.165) is 29.3 Å². The highest BCUT2D eigenvalue weighted by Crippen LogP contribution is 2.32. The molecule has 4 nitrogen and oxygen atoms in total. The first-order valence-corrected chi connectivity index (χ1v) is 6.70. The second-order valence-electron chi connectivity index (χ2n) is 4.15. The Bertz CT molecular complexity index is 573. The van der Waals surface area contributed by atoms with E-state index >= 15 is 0 Å². The number of fused-ring (bicyclic) bond motifs is 1. The molecule has 3 rings (SSSR count). The molecule has 0 saturated carbocycles. The molecule has 0 amide bonds. The Balaban J connectivity index is 2.21. The van der Waals surface area contributed by atoms with Crippen LogP contribution in [0.3, 0.4) is 0 Å². The molecular formula is C12H12N2O2S. The number of aromatic nitrogens is 2. The number of hydrogen-bond donors (Lipinski definition) is 1. The number of pyridine rings is 1. The normalized spacial score (nSPS) is 19.9. The van der Waals surface area contributed by atoms with Crippen molar-refractivity contribution in [1.82, 2.24) is 9.38 Å². The van der Waals surface area contributed by atoms with E-state index in [1.54, 1.807) is 22.7 Å². The smallest absolute Gasteiger partial charge is 0.352 e. The summed E-state index contributed by atoms with van der Waals surface area (Å²) in [5.74, 6) is 2.54. The monoisotopic (exact) mass is 248 g/mol. The molecule has 0 bridgehead atoms. The maximum Gasteiger partial charge on any atom is 0.352 e. The molecule has 1 aliphatic heterocycles. The van der Waals surface area contributed by atoms with Gasteiger partial charge in [-0.1, -0.05) is 6.07 Å². The summed E-state index contributed by atoms with van der Waals surface area (Å²) in [6.07, 6.45) is 2.84. The van der Waals surface area contributed by atoms with Crippen LogP contribution in [0.25, 0.3) is 5.52 Å². The molecule has 1 N–H and O–H groups in total. The van der Waals surface area contributed by atoms with Crippen molar-refractivity contribution in [2.24, 2.45) is 0 Å². The number of carboxylic acids is 1. The largest absolute Gasteiger partial charge is 0.477 e. The zero-order valence-electron chi connectivity index (χ0n) is 9.17. The van der Waals surface area contributed by atoms with Crippen LogP contribution in [0.2, 0.25) is 0 Å². The average Bonchev–Trinajstić information content (AvgIpc) is 2.96. The highest BCUT2D eigenvalue weighted by atomic mass is 32.2. The maximum atomic E-state index is 11.2. The van der Waals surface area contributed by atoms with E-state index in [2.05, 4.69) is 4.98 Å². The first kappa shape index (κ1) is 10.7. The Labute approximate surface area is 103 Å². The number of nitrogens with zero attached hydrogens (tertiary/aromatic N) is 2. The Kier molecular flexibility index (Phi) is 2.55. The van der Waals surface area contributed by atoms with E-state index in [-0.39, 0.29) is 0 Å². The first-order chi connectivity index (χ1) is 8.27. The van der Waals surface area contributed by atoms with Gasteiger partial charge in [0.1, 0.15) is 11.5 Å². The van der Waals surface area contributed by atoms with Crippen LogP contribution in [0.4, 0.5) is 0 Å². The quantitative estimate of drug-likeness (QED) is 0.885. The molecule has 0 aliphatic carbocycles. The van der Waals surface area contributed by atoms with Crippen LogP contribution in [0.5, 0.6) is 0 Å². The van der Waals surface area contributed by atoms with Crippen molar-refractivity contribution >= 4 is 23.2 Å². The van der Waals surface area contributed by atoms with E-state index in [9.17, 15) is 9.90 Å². The number of imidazole rings is 1. The number of carbonyl (C=O) groups is 1. The molecule has 1 saturated heterocycles. The van der Waals surface area contributed by atoms with Crippen LogP contribution in [0, 0.1) is 0 Å². The van der Waals surface area contributed by atoms with Crippen LogP contribution in [-0.2, 0) is 0 Å². The third-order valence-corrected chi connectivity index (χ3v) is 4.25. The van der Waals surface area contributed by atoms with Crippen molar-refractivity contribution in [1.29, 1.82) is 0 Å². The maximum absolute atomic E-state index is 11.2. The number of hydrogen-bond acceptors (Lipinski definition) is 3. The molecule has 1 atom stereocenters. The van der Waals surface area contributed by atoms with Crippen LogP contribution in [-0.4, -0.2) is 32.0 Å². The second-order valence-corrected chi connectivity index (χ2v) is 5.30. The number of rotatable bonds is 2. The standard InChI is InChI=1S/C12H12N2O2S/c15-12(16)10-3-1-2-9-6-13-11(14(9)10)8-4-5-17-7-8/h1-3,6,8H,4-5,7H2,(H,15,16). The molecule has 2 aromatic rings. The lowest BCUT2D eigenvalue weighted by Crippen LogP contribution is -2.10. The highest BCUT2D eigenvalue weighted by Gasteiger charge is 2.23. The van der Waals surface area contributed by atoms with Gasteiger partial charge < -0.3 is 5.11 Å². The number of thioether (sulfide) groups is 1. The number of aromatic carboxylic acids is 1. The van der Waals surface area contributed by atoms with Crippen molar-refractivity contribution < 1.29 is 9.90 Å². The molecule has 5 heteroatoms. The van der Waals surface area contributed by atoms with Crippen molar-refractivity contribution in [3.05, 3.63) is 35.9 Å². The molecule has 0 spiro atoms. The van der Waals surface area contributed by atoms with Gasteiger partial charge in [-0.05, 0) is 24.3 Å². The van der Waals surface area contributed by atoms with Crippen LogP contribution in [0.15, 0.2) is 24.4 Å². The summed E-state index contributed by atoms with van der Waals surface area (Å²) in [5.41, 5.74) is 1.16. The minimum atomic E-state index is -0.902. The predicted octanol–water partition coefficient (Wildman–Crippen LogP) is 2.25. The summed E-state index contributed by atoms with van der Waals surface area (Å²) < 4.78 is 1.78. The summed E-state index contributed by atoms with van der Waals surface area (Å²) in [7, 11) is 0. The SMILES string of the molecule is O=C(O)c1cccc2cnc(C3CCSC3)n12. The minimum absolute atomic E-state index is 0.298. The highest BCUT2D eigenvalue weighted by molar-refractivity contribution is 7.99. The third kappa shape index (κ3) is 1.70. The van der Waals surface area contributed by atoms with Gasteiger partial charge in [0.05, 0.1) is 11.7 Å². The summed E-state index contributed by atoms with van der Waals surface area (Å²) >= 11 is 1.90. The summed E-state index contributed by atoms with van der Waals surface area (Å²) in [4.78, 5) is 15.6. The van der Waals surface area contributed by atoms with Gasteiger partial charge in [0.15, 0.2) is 0 Å². The van der Waals surface area contributed by atoms with Gasteiger partial charge in [0, 0.05) is 11.7 Å². The van der Waals surface area contributed by atoms with E-state index in [4.69, 9.17) is 0 Å². The van der Waals surface area contributed by atoms with Crippen molar-refractivity contribution in [3.8, 4) is 0 Å². The van der Waals surface area contributed by atoms with E-state index in [1.165, 1.54) is 0 Å². The lowest BCUT2D eigenvalue weighted by atomic mass is 10.1. The van der Waals surface area contributed by atoms with Crippen molar-refractivity contribution in [3.63, 3.8) is 0 Å². The van der Waals surface area contributed by atoms with Gasteiger partial charge in [-0.25, -0.2) is 9.78 Å². The third-order valence-electron chi connectivity index (χ3n) is 3.09. The lowest BCUT2D eigenvalue weighted by Gasteiger charge is -2.09. The molecule has 17 heavy (non-hydrogen) atoms. The second kappa shape index (κ2) is 4.07. The molecule has 3 heterocycles. The minimum Gasteiger partial charge on any atom is -0.477 e. The van der Waals surface area contributed by atoms with E-state index in [1.807, 2.05) is 17.8 Å². The number of carboxylic acid groups (broad SMARTS) is 1. The zero-order chi connectivity index (χ0) is 11.8. The van der Waals surface area contributed by atoms with Crippen LogP contribution >= 0.6 is 11.8 Å².